The quantitative estimate of drug-likeness (QED) is 0.599. The third-order valence-corrected chi connectivity index (χ3v) is 2.36. The number of methoxy groups -OCH3 is 1. The fourth-order valence-corrected chi connectivity index (χ4v) is 1.38. The Labute approximate surface area is 69.5 Å². The molecule has 2 heteroatoms. The van der Waals surface area contributed by atoms with E-state index in [0.29, 0.717) is 6.10 Å². The summed E-state index contributed by atoms with van der Waals surface area (Å²) in [5.41, 5.74) is 0. The summed E-state index contributed by atoms with van der Waals surface area (Å²) < 4.78 is 5.22. The van der Waals surface area contributed by atoms with Crippen LogP contribution < -0.4 is 0 Å². The van der Waals surface area contributed by atoms with Crippen molar-refractivity contribution < 1.29 is 4.74 Å². The van der Waals surface area contributed by atoms with Crippen molar-refractivity contribution in [3.05, 3.63) is 0 Å². The molecule has 0 N–H and O–H groups in total. The number of rotatable bonds is 5. The lowest BCUT2D eigenvalue weighted by molar-refractivity contribution is 0.0761. The van der Waals surface area contributed by atoms with Gasteiger partial charge in [-0.15, -0.1) is 0 Å². The summed E-state index contributed by atoms with van der Waals surface area (Å²) in [6, 6.07) is 0.873. The van der Waals surface area contributed by atoms with Crippen LogP contribution >= 0.6 is 0 Å². The lowest BCUT2D eigenvalue weighted by Gasteiger charge is -2.22. The van der Waals surface area contributed by atoms with E-state index in [0.717, 1.165) is 12.6 Å². The predicted octanol–water partition coefficient (Wildman–Crippen LogP) is 1.51. The molecule has 11 heavy (non-hydrogen) atoms. The molecule has 0 aliphatic heterocycles. The zero-order valence-electron chi connectivity index (χ0n) is 7.84. The highest BCUT2D eigenvalue weighted by Gasteiger charge is 2.28. The van der Waals surface area contributed by atoms with Gasteiger partial charge < -0.3 is 4.74 Å². The Morgan fingerprint density at radius 3 is 2.55 bits per heavy atom. The highest BCUT2D eigenvalue weighted by molar-refractivity contribution is 4.84. The van der Waals surface area contributed by atoms with Gasteiger partial charge in [0.2, 0.25) is 0 Å². The Bertz CT molecular complexity index is 112. The van der Waals surface area contributed by atoms with Crippen molar-refractivity contribution in [2.24, 2.45) is 0 Å². The fourth-order valence-electron chi connectivity index (χ4n) is 1.38. The number of nitrogens with zero attached hydrogens (tertiary/aromatic N) is 1. The lowest BCUT2D eigenvalue weighted by Crippen LogP contribution is -2.33. The van der Waals surface area contributed by atoms with E-state index in [-0.39, 0.29) is 0 Å². The molecule has 0 spiro atoms. The van der Waals surface area contributed by atoms with Gasteiger partial charge in [0, 0.05) is 19.7 Å². The SMILES string of the molecule is CCN(C[C@H](C)OC)C1CC1. The van der Waals surface area contributed by atoms with Gasteiger partial charge in [-0.1, -0.05) is 6.92 Å². The molecular weight excluding hydrogens is 138 g/mol. The molecule has 1 aliphatic carbocycles. The molecule has 1 saturated carbocycles. The van der Waals surface area contributed by atoms with Crippen LogP contribution in [0.3, 0.4) is 0 Å². The Morgan fingerprint density at radius 1 is 1.55 bits per heavy atom. The number of ether oxygens (including phenoxy) is 1. The van der Waals surface area contributed by atoms with Gasteiger partial charge in [-0.05, 0) is 26.3 Å². The first kappa shape index (κ1) is 9.01. The first-order chi connectivity index (χ1) is 5.27. The highest BCUT2D eigenvalue weighted by atomic mass is 16.5. The van der Waals surface area contributed by atoms with Crippen LogP contribution in [0.25, 0.3) is 0 Å². The summed E-state index contributed by atoms with van der Waals surface area (Å²) in [4.78, 5) is 2.51. The first-order valence-electron chi connectivity index (χ1n) is 4.54. The zero-order chi connectivity index (χ0) is 8.27. The minimum atomic E-state index is 0.385. The van der Waals surface area contributed by atoms with E-state index < -0.39 is 0 Å². The van der Waals surface area contributed by atoms with Crippen LogP contribution in [0, 0.1) is 0 Å². The number of likely N-dealkylation sites (N-methyl/N-ethyl adjacent to an activating group) is 1. The normalized spacial score (nSPS) is 20.7. The van der Waals surface area contributed by atoms with E-state index in [1.807, 2.05) is 0 Å². The van der Waals surface area contributed by atoms with E-state index in [1.165, 1.54) is 19.4 Å². The van der Waals surface area contributed by atoms with Crippen LogP contribution in [-0.4, -0.2) is 37.2 Å². The smallest absolute Gasteiger partial charge is 0.0670 e. The molecule has 66 valence electrons. The summed E-state index contributed by atoms with van der Waals surface area (Å²) in [5.74, 6) is 0. The maximum absolute atomic E-state index is 5.22. The second-order valence-corrected chi connectivity index (χ2v) is 3.37. The third-order valence-electron chi connectivity index (χ3n) is 2.36. The van der Waals surface area contributed by atoms with Crippen LogP contribution in [0.2, 0.25) is 0 Å². The van der Waals surface area contributed by atoms with Crippen LogP contribution in [0.15, 0.2) is 0 Å². The average Bonchev–Trinajstić information content (AvgIpc) is 2.82. The Balaban J connectivity index is 2.19. The first-order valence-corrected chi connectivity index (χ1v) is 4.54. The second-order valence-electron chi connectivity index (χ2n) is 3.37. The van der Waals surface area contributed by atoms with Crippen molar-refractivity contribution >= 4 is 0 Å². The topological polar surface area (TPSA) is 12.5 Å². The van der Waals surface area contributed by atoms with Gasteiger partial charge in [0.25, 0.3) is 0 Å². The van der Waals surface area contributed by atoms with E-state index in [1.54, 1.807) is 7.11 Å². The molecule has 0 bridgehead atoms. The standard InChI is InChI=1S/C9H19NO/c1-4-10(9-5-6-9)7-8(2)11-3/h8-9H,4-7H2,1-3H3/t8-/m0/s1. The molecule has 1 aliphatic rings. The largest absolute Gasteiger partial charge is 0.380 e. The molecule has 2 nitrogen and oxygen atoms in total. The van der Waals surface area contributed by atoms with Crippen LogP contribution in [0.5, 0.6) is 0 Å². The maximum atomic E-state index is 5.22. The molecule has 0 unspecified atom stereocenters. The van der Waals surface area contributed by atoms with Crippen molar-refractivity contribution in [2.75, 3.05) is 20.2 Å². The molecule has 1 atom stereocenters. The van der Waals surface area contributed by atoms with Gasteiger partial charge in [0.05, 0.1) is 6.10 Å². The summed E-state index contributed by atoms with van der Waals surface area (Å²) in [6.45, 7) is 6.61. The van der Waals surface area contributed by atoms with Gasteiger partial charge in [-0.3, -0.25) is 4.90 Å². The minimum Gasteiger partial charge on any atom is -0.380 e. The molecule has 0 aromatic heterocycles. The molecule has 0 heterocycles. The summed E-state index contributed by atoms with van der Waals surface area (Å²) in [6.07, 6.45) is 3.17. The summed E-state index contributed by atoms with van der Waals surface area (Å²) in [5, 5.41) is 0. The third kappa shape index (κ3) is 2.80. The monoisotopic (exact) mass is 157 g/mol. The Kier molecular flexibility index (Phi) is 3.34. The molecule has 0 aromatic carbocycles. The van der Waals surface area contributed by atoms with Crippen molar-refractivity contribution in [3.8, 4) is 0 Å². The van der Waals surface area contributed by atoms with E-state index >= 15 is 0 Å². The molecule has 0 saturated heterocycles. The lowest BCUT2D eigenvalue weighted by atomic mass is 10.3. The Hall–Kier alpha value is -0.0800. The van der Waals surface area contributed by atoms with Crippen molar-refractivity contribution in [1.82, 2.24) is 4.90 Å². The van der Waals surface area contributed by atoms with Crippen molar-refractivity contribution in [1.29, 1.82) is 0 Å². The van der Waals surface area contributed by atoms with Crippen molar-refractivity contribution in [2.45, 2.75) is 38.8 Å². The van der Waals surface area contributed by atoms with E-state index in [9.17, 15) is 0 Å². The van der Waals surface area contributed by atoms with Gasteiger partial charge in [0.15, 0.2) is 0 Å². The van der Waals surface area contributed by atoms with Gasteiger partial charge in [-0.2, -0.15) is 0 Å². The zero-order valence-corrected chi connectivity index (χ0v) is 7.84. The van der Waals surface area contributed by atoms with Crippen LogP contribution in [0.1, 0.15) is 26.7 Å². The summed E-state index contributed by atoms with van der Waals surface area (Å²) in [7, 11) is 1.78. The second kappa shape index (κ2) is 4.07. The number of hydrogen-bond donors (Lipinski definition) is 0. The summed E-state index contributed by atoms with van der Waals surface area (Å²) >= 11 is 0. The van der Waals surface area contributed by atoms with Crippen molar-refractivity contribution in [3.63, 3.8) is 0 Å². The maximum Gasteiger partial charge on any atom is 0.0670 e. The predicted molar refractivity (Wildman–Crippen MR) is 46.7 cm³/mol. The number of hydrogen-bond acceptors (Lipinski definition) is 2. The van der Waals surface area contributed by atoms with Gasteiger partial charge in [0.1, 0.15) is 0 Å². The molecule has 1 rings (SSSR count). The van der Waals surface area contributed by atoms with E-state index in [2.05, 4.69) is 18.7 Å². The van der Waals surface area contributed by atoms with Crippen LogP contribution in [0.4, 0.5) is 0 Å². The fraction of sp³-hybridized carbons (Fsp3) is 1.00. The molecule has 1 fully saturated rings. The van der Waals surface area contributed by atoms with Gasteiger partial charge in [-0.25, -0.2) is 0 Å². The highest BCUT2D eigenvalue weighted by Crippen LogP contribution is 2.26. The minimum absolute atomic E-state index is 0.385. The molecular formula is C9H19NO. The Morgan fingerprint density at radius 2 is 2.18 bits per heavy atom. The molecule has 0 aromatic rings. The molecule has 0 radical (unpaired) electrons. The van der Waals surface area contributed by atoms with Crippen LogP contribution in [-0.2, 0) is 4.74 Å². The van der Waals surface area contributed by atoms with Gasteiger partial charge >= 0.3 is 0 Å². The average molecular weight is 157 g/mol. The molecule has 0 amide bonds. The van der Waals surface area contributed by atoms with E-state index in [4.69, 9.17) is 4.74 Å².